The summed E-state index contributed by atoms with van der Waals surface area (Å²) < 4.78 is 10.3. The molecule has 6 heteroatoms. The van der Waals surface area contributed by atoms with Crippen molar-refractivity contribution < 1.29 is 14.3 Å². The molecule has 1 aliphatic heterocycles. The number of fused-ring (bicyclic) bond motifs is 1. The minimum Gasteiger partial charge on any atom is -0.493 e. The average molecular weight is 493 g/mol. The fourth-order valence-electron chi connectivity index (χ4n) is 4.72. The lowest BCUT2D eigenvalue weighted by atomic mass is 9.85. The molecule has 0 radical (unpaired) electrons. The summed E-state index contributed by atoms with van der Waals surface area (Å²) in [5, 5.41) is 0.776. The first kappa shape index (κ1) is 21.7. The summed E-state index contributed by atoms with van der Waals surface area (Å²) >= 11 is 9.83. The second-order valence-electron chi connectivity index (χ2n) is 8.39. The highest BCUT2D eigenvalue weighted by Gasteiger charge is 2.45. The highest BCUT2D eigenvalue weighted by molar-refractivity contribution is 9.10. The number of Topliss-reactive ketones (excluding diaryl/α,β-unsaturated/α-hetero) is 1. The van der Waals surface area contributed by atoms with E-state index in [1.54, 1.807) is 14.2 Å². The zero-order chi connectivity index (χ0) is 21.3. The van der Waals surface area contributed by atoms with Crippen LogP contribution >= 0.6 is 27.5 Å². The van der Waals surface area contributed by atoms with Crippen LogP contribution in [0.5, 0.6) is 11.5 Å². The second-order valence-corrected chi connectivity index (χ2v) is 10.3. The number of methoxy groups -OCH3 is 2. The fourth-order valence-corrected chi connectivity index (χ4v) is 5.82. The molecule has 1 fully saturated rings. The number of nitrogens with zero attached hydrogens (tertiary/aromatic N) is 1. The molecule has 30 heavy (non-hydrogen) atoms. The first-order valence-electron chi connectivity index (χ1n) is 10.4. The van der Waals surface area contributed by atoms with Crippen molar-refractivity contribution in [2.75, 3.05) is 27.3 Å². The predicted octanol–water partition coefficient (Wildman–Crippen LogP) is 5.53. The van der Waals surface area contributed by atoms with Crippen LogP contribution in [0.15, 0.2) is 36.4 Å². The minimum absolute atomic E-state index is 0.169. The Balaban J connectivity index is 1.37. The first-order chi connectivity index (χ1) is 14.4. The van der Waals surface area contributed by atoms with Gasteiger partial charge in [-0.2, -0.15) is 0 Å². The van der Waals surface area contributed by atoms with Crippen molar-refractivity contribution in [3.05, 3.63) is 58.1 Å². The van der Waals surface area contributed by atoms with Crippen molar-refractivity contribution >= 4 is 33.3 Å². The van der Waals surface area contributed by atoms with Gasteiger partial charge in [-0.05, 0) is 80.1 Å². The number of alkyl halides is 1. The van der Waals surface area contributed by atoms with Gasteiger partial charge in [0, 0.05) is 17.1 Å². The number of hydrogen-bond acceptors (Lipinski definition) is 4. The Morgan fingerprint density at radius 2 is 1.73 bits per heavy atom. The van der Waals surface area contributed by atoms with Crippen LogP contribution in [0.25, 0.3) is 0 Å². The molecule has 1 atom stereocenters. The van der Waals surface area contributed by atoms with E-state index < -0.39 is 4.32 Å². The number of hydrogen-bond donors (Lipinski definition) is 0. The van der Waals surface area contributed by atoms with Crippen molar-refractivity contribution in [2.45, 2.75) is 36.6 Å². The van der Waals surface area contributed by atoms with Crippen LogP contribution in [0.3, 0.4) is 0 Å². The molecule has 0 amide bonds. The summed E-state index contributed by atoms with van der Waals surface area (Å²) in [6.07, 6.45) is 3.78. The van der Waals surface area contributed by atoms with E-state index in [2.05, 4.69) is 33.0 Å². The molecule has 0 saturated carbocycles. The Bertz CT molecular complexity index is 925. The molecule has 2 aromatic rings. The van der Waals surface area contributed by atoms with Gasteiger partial charge in [-0.15, -0.1) is 0 Å². The first-order valence-corrected chi connectivity index (χ1v) is 11.5. The van der Waals surface area contributed by atoms with E-state index in [0.717, 1.165) is 55.0 Å². The van der Waals surface area contributed by atoms with E-state index >= 15 is 0 Å². The highest BCUT2D eigenvalue weighted by Crippen LogP contribution is 2.45. The Kier molecular flexibility index (Phi) is 6.42. The van der Waals surface area contributed by atoms with Gasteiger partial charge in [-0.1, -0.05) is 39.7 Å². The number of rotatable bonds is 6. The van der Waals surface area contributed by atoms with Crippen LogP contribution in [-0.4, -0.2) is 42.3 Å². The van der Waals surface area contributed by atoms with E-state index in [1.165, 1.54) is 5.56 Å². The molecule has 4 rings (SSSR count). The SMILES string of the molecule is COc1cc2c(cc1OC)C(=O)C(Br)(CC1CCN(Cc3ccc(Cl)cc3)CC1)C2. The number of benzene rings is 2. The zero-order valence-electron chi connectivity index (χ0n) is 17.4. The maximum absolute atomic E-state index is 13.2. The summed E-state index contributed by atoms with van der Waals surface area (Å²) in [5.41, 5.74) is 3.08. The summed E-state index contributed by atoms with van der Waals surface area (Å²) in [5.74, 6) is 1.99. The standard InChI is InChI=1S/C24H27BrClNO3/c1-29-21-11-18-14-24(25,23(28)20(18)12-22(21)30-2)13-16-7-9-27(10-8-16)15-17-3-5-19(26)6-4-17/h3-6,11-12,16H,7-10,13-15H2,1-2H3. The van der Waals surface area contributed by atoms with Crippen LogP contribution in [0.4, 0.5) is 0 Å². The normalized spacial score (nSPS) is 22.2. The lowest BCUT2D eigenvalue weighted by molar-refractivity contribution is 0.0929. The average Bonchev–Trinajstić information content (AvgIpc) is 2.99. The van der Waals surface area contributed by atoms with Gasteiger partial charge in [0.1, 0.15) is 0 Å². The summed E-state index contributed by atoms with van der Waals surface area (Å²) in [6, 6.07) is 11.9. The van der Waals surface area contributed by atoms with Gasteiger partial charge >= 0.3 is 0 Å². The van der Waals surface area contributed by atoms with Gasteiger partial charge in [-0.25, -0.2) is 0 Å². The van der Waals surface area contributed by atoms with Gasteiger partial charge in [-0.3, -0.25) is 9.69 Å². The molecule has 2 aromatic carbocycles. The zero-order valence-corrected chi connectivity index (χ0v) is 19.8. The molecule has 0 bridgehead atoms. The summed E-state index contributed by atoms with van der Waals surface area (Å²) in [6.45, 7) is 3.06. The summed E-state index contributed by atoms with van der Waals surface area (Å²) in [7, 11) is 3.23. The number of carbonyl (C=O) groups is 1. The molecule has 0 N–H and O–H groups in total. The molecular formula is C24H27BrClNO3. The monoisotopic (exact) mass is 491 g/mol. The van der Waals surface area contributed by atoms with Crippen LogP contribution in [0.1, 0.15) is 40.7 Å². The maximum Gasteiger partial charge on any atom is 0.180 e. The van der Waals surface area contributed by atoms with Crippen LogP contribution < -0.4 is 9.47 Å². The quantitative estimate of drug-likeness (QED) is 0.497. The Morgan fingerprint density at radius 3 is 2.37 bits per heavy atom. The van der Waals surface area contributed by atoms with Gasteiger partial charge < -0.3 is 9.47 Å². The summed E-state index contributed by atoms with van der Waals surface area (Å²) in [4.78, 5) is 15.7. The van der Waals surface area contributed by atoms with Crippen molar-refractivity contribution in [1.29, 1.82) is 0 Å². The topological polar surface area (TPSA) is 38.8 Å². The third-order valence-electron chi connectivity index (χ3n) is 6.37. The van der Waals surface area contributed by atoms with E-state index in [1.807, 2.05) is 24.3 Å². The fraction of sp³-hybridized carbons (Fsp3) is 0.458. The lowest BCUT2D eigenvalue weighted by Gasteiger charge is -2.35. The molecule has 160 valence electrons. The van der Waals surface area contributed by atoms with Crippen molar-refractivity contribution in [2.24, 2.45) is 5.92 Å². The number of ether oxygens (including phenoxy) is 2. The lowest BCUT2D eigenvalue weighted by Crippen LogP contribution is -2.38. The van der Waals surface area contributed by atoms with Crippen LogP contribution in [0, 0.1) is 5.92 Å². The molecule has 1 heterocycles. The Morgan fingerprint density at radius 1 is 1.10 bits per heavy atom. The largest absolute Gasteiger partial charge is 0.493 e. The van der Waals surface area contributed by atoms with Gasteiger partial charge in [0.2, 0.25) is 0 Å². The third kappa shape index (κ3) is 4.39. The number of halogens is 2. The number of likely N-dealkylation sites (tertiary alicyclic amines) is 1. The van der Waals surface area contributed by atoms with Gasteiger partial charge in [0.25, 0.3) is 0 Å². The van der Waals surface area contributed by atoms with E-state index in [0.29, 0.717) is 23.8 Å². The van der Waals surface area contributed by atoms with Crippen molar-refractivity contribution in [3.63, 3.8) is 0 Å². The second kappa shape index (κ2) is 8.89. The smallest absolute Gasteiger partial charge is 0.180 e. The number of ketones is 1. The molecule has 4 nitrogen and oxygen atoms in total. The van der Waals surface area contributed by atoms with Gasteiger partial charge in [0.15, 0.2) is 17.3 Å². The Labute approximate surface area is 191 Å². The molecule has 0 aromatic heterocycles. The highest BCUT2D eigenvalue weighted by atomic mass is 79.9. The van der Waals surface area contributed by atoms with Crippen molar-refractivity contribution in [3.8, 4) is 11.5 Å². The minimum atomic E-state index is -0.518. The van der Waals surface area contributed by atoms with E-state index in [-0.39, 0.29) is 5.78 Å². The Hall–Kier alpha value is -1.56. The van der Waals surface area contributed by atoms with E-state index in [9.17, 15) is 4.79 Å². The molecule has 1 aliphatic carbocycles. The molecule has 2 aliphatic rings. The van der Waals surface area contributed by atoms with Crippen LogP contribution in [0.2, 0.25) is 5.02 Å². The number of carbonyl (C=O) groups excluding carboxylic acids is 1. The third-order valence-corrected chi connectivity index (χ3v) is 7.59. The molecule has 1 saturated heterocycles. The maximum atomic E-state index is 13.2. The number of piperidine rings is 1. The van der Waals surface area contributed by atoms with Crippen molar-refractivity contribution in [1.82, 2.24) is 4.90 Å². The predicted molar refractivity (Wildman–Crippen MR) is 123 cm³/mol. The van der Waals surface area contributed by atoms with Gasteiger partial charge in [0.05, 0.1) is 18.5 Å². The molecular weight excluding hydrogens is 466 g/mol. The van der Waals surface area contributed by atoms with Crippen LogP contribution in [-0.2, 0) is 13.0 Å². The van der Waals surface area contributed by atoms with E-state index in [4.69, 9.17) is 21.1 Å². The molecule has 1 unspecified atom stereocenters. The molecule has 0 spiro atoms.